The van der Waals surface area contributed by atoms with Gasteiger partial charge in [-0.1, -0.05) is 48.5 Å². The lowest BCUT2D eigenvalue weighted by molar-refractivity contribution is 0.534. The van der Waals surface area contributed by atoms with Crippen LogP contribution in [0.1, 0.15) is 59.0 Å². The molecule has 0 aliphatic rings. The minimum atomic E-state index is 0.0995. The van der Waals surface area contributed by atoms with Gasteiger partial charge in [0.1, 0.15) is 0 Å². The molecule has 1 rings (SSSR count). The molecule has 0 unspecified atom stereocenters. The van der Waals surface area contributed by atoms with Crippen LogP contribution in [-0.2, 0) is 12.0 Å². The van der Waals surface area contributed by atoms with Crippen molar-refractivity contribution in [3.63, 3.8) is 0 Å². The van der Waals surface area contributed by atoms with Gasteiger partial charge < -0.3 is 10.2 Å². The van der Waals surface area contributed by atoms with Gasteiger partial charge in [0.25, 0.3) is 0 Å². The van der Waals surface area contributed by atoms with Crippen LogP contribution >= 0.6 is 11.3 Å². The highest BCUT2D eigenvalue weighted by atomic mass is 32.1. The predicted octanol–water partition coefficient (Wildman–Crippen LogP) is 4.28. The largest absolute Gasteiger partial charge is 0.351 e. The van der Waals surface area contributed by atoms with E-state index in [0.717, 1.165) is 24.8 Å². The molecule has 0 aromatic carbocycles. The van der Waals surface area contributed by atoms with Crippen LogP contribution in [0.25, 0.3) is 0 Å². The molecule has 4 heteroatoms. The molecule has 0 aliphatic heterocycles. The summed E-state index contributed by atoms with van der Waals surface area (Å²) in [6, 6.07) is 0. The lowest BCUT2D eigenvalue weighted by Gasteiger charge is -2.19. The molecule has 0 radical (unpaired) electrons. The highest BCUT2D eigenvalue weighted by molar-refractivity contribution is 7.15. The molecule has 122 valence electrons. The monoisotopic (exact) mass is 311 g/mol. The van der Waals surface area contributed by atoms with Gasteiger partial charge >= 0.3 is 0 Å². The van der Waals surface area contributed by atoms with E-state index in [1.165, 1.54) is 10.6 Å². The Morgan fingerprint density at radius 3 is 2.24 bits per heavy atom. The molecule has 0 bridgehead atoms. The fraction of sp³-hybridized carbons (Fsp3) is 0.824. The van der Waals surface area contributed by atoms with E-state index in [4.69, 9.17) is 4.98 Å². The zero-order valence-electron chi connectivity index (χ0n) is 15.1. The highest BCUT2D eigenvalue weighted by Gasteiger charge is 2.24. The smallest absolute Gasteiger partial charge is 0.185 e. The zero-order chi connectivity index (χ0) is 16.2. The van der Waals surface area contributed by atoms with Crippen molar-refractivity contribution in [1.29, 1.82) is 0 Å². The van der Waals surface area contributed by atoms with E-state index in [0.29, 0.717) is 11.8 Å². The van der Waals surface area contributed by atoms with Crippen molar-refractivity contribution in [2.24, 2.45) is 11.8 Å². The quantitative estimate of drug-likeness (QED) is 0.814. The fourth-order valence-electron chi connectivity index (χ4n) is 2.31. The zero-order valence-corrected chi connectivity index (χ0v) is 15.9. The Labute approximate surface area is 135 Å². The van der Waals surface area contributed by atoms with Gasteiger partial charge in [-0.2, -0.15) is 0 Å². The van der Waals surface area contributed by atoms with Gasteiger partial charge in [0, 0.05) is 30.4 Å². The summed E-state index contributed by atoms with van der Waals surface area (Å²) in [5, 5.41) is 4.71. The van der Waals surface area contributed by atoms with Crippen LogP contribution < -0.4 is 10.2 Å². The van der Waals surface area contributed by atoms with Crippen LogP contribution in [0.2, 0.25) is 0 Å². The minimum absolute atomic E-state index is 0.0995. The maximum absolute atomic E-state index is 4.94. The van der Waals surface area contributed by atoms with Crippen molar-refractivity contribution in [3.05, 3.63) is 10.6 Å². The van der Waals surface area contributed by atoms with Gasteiger partial charge in [0.2, 0.25) is 0 Å². The highest BCUT2D eigenvalue weighted by Crippen LogP contribution is 2.33. The third kappa shape index (κ3) is 5.95. The predicted molar refractivity (Wildman–Crippen MR) is 95.5 cm³/mol. The average molecular weight is 312 g/mol. The number of hydrogen-bond acceptors (Lipinski definition) is 4. The molecule has 0 saturated carbocycles. The summed E-state index contributed by atoms with van der Waals surface area (Å²) < 4.78 is 0. The standard InChI is InChI=1S/C17H33N3S/c1-12(2)9-18-10-14-15(17(5,6)7)19-16(21-14)20(8)11-13(3)4/h12-13,18H,9-11H2,1-8H3. The summed E-state index contributed by atoms with van der Waals surface area (Å²) in [5.41, 5.74) is 1.34. The topological polar surface area (TPSA) is 28.2 Å². The normalized spacial score (nSPS) is 12.5. The lowest BCUT2D eigenvalue weighted by Crippen LogP contribution is -2.23. The molecular weight excluding hydrogens is 278 g/mol. The Morgan fingerprint density at radius 2 is 1.76 bits per heavy atom. The van der Waals surface area contributed by atoms with Crippen LogP contribution in [0.5, 0.6) is 0 Å². The first-order valence-corrected chi connectivity index (χ1v) is 8.85. The van der Waals surface area contributed by atoms with Crippen molar-refractivity contribution in [3.8, 4) is 0 Å². The van der Waals surface area contributed by atoms with Crippen LogP contribution in [0.3, 0.4) is 0 Å². The first kappa shape index (κ1) is 18.4. The van der Waals surface area contributed by atoms with Gasteiger partial charge in [0.15, 0.2) is 5.13 Å². The van der Waals surface area contributed by atoms with E-state index < -0.39 is 0 Å². The molecule has 0 aliphatic carbocycles. The van der Waals surface area contributed by atoms with E-state index in [-0.39, 0.29) is 5.41 Å². The Hall–Kier alpha value is -0.610. The average Bonchev–Trinajstić information content (AvgIpc) is 2.71. The first-order valence-electron chi connectivity index (χ1n) is 8.03. The van der Waals surface area contributed by atoms with Crippen LogP contribution in [0.15, 0.2) is 0 Å². The third-order valence-corrected chi connectivity index (χ3v) is 4.37. The molecule has 0 atom stereocenters. The number of rotatable bonds is 7. The summed E-state index contributed by atoms with van der Waals surface area (Å²) in [4.78, 5) is 8.61. The Morgan fingerprint density at radius 1 is 1.14 bits per heavy atom. The van der Waals surface area contributed by atoms with E-state index in [9.17, 15) is 0 Å². The van der Waals surface area contributed by atoms with Crippen LogP contribution in [0, 0.1) is 11.8 Å². The Kier molecular flexibility index (Phi) is 6.67. The molecule has 3 nitrogen and oxygen atoms in total. The Bertz CT molecular complexity index is 430. The van der Waals surface area contributed by atoms with Gasteiger partial charge in [-0.15, -0.1) is 11.3 Å². The number of aromatic nitrogens is 1. The molecule has 0 spiro atoms. The molecule has 0 saturated heterocycles. The summed E-state index contributed by atoms with van der Waals surface area (Å²) in [7, 11) is 2.15. The van der Waals surface area contributed by atoms with Crippen molar-refractivity contribution in [2.75, 3.05) is 25.0 Å². The van der Waals surface area contributed by atoms with E-state index in [1.54, 1.807) is 0 Å². The maximum Gasteiger partial charge on any atom is 0.185 e. The van der Waals surface area contributed by atoms with Crippen molar-refractivity contribution in [1.82, 2.24) is 10.3 Å². The van der Waals surface area contributed by atoms with Crippen LogP contribution in [0.4, 0.5) is 5.13 Å². The second kappa shape index (κ2) is 7.59. The minimum Gasteiger partial charge on any atom is -0.351 e. The van der Waals surface area contributed by atoms with Gasteiger partial charge in [-0.3, -0.25) is 0 Å². The number of thiazole rings is 1. The van der Waals surface area contributed by atoms with Crippen molar-refractivity contribution >= 4 is 16.5 Å². The molecule has 0 amide bonds. The van der Waals surface area contributed by atoms with E-state index >= 15 is 0 Å². The Balaban J connectivity index is 2.91. The van der Waals surface area contributed by atoms with E-state index in [1.807, 2.05) is 11.3 Å². The third-order valence-electron chi connectivity index (χ3n) is 3.20. The second-order valence-electron chi connectivity index (χ2n) is 7.82. The summed E-state index contributed by atoms with van der Waals surface area (Å²) >= 11 is 1.84. The van der Waals surface area contributed by atoms with Crippen LogP contribution in [-0.4, -0.2) is 25.1 Å². The first-order chi connectivity index (χ1) is 9.61. The lowest BCUT2D eigenvalue weighted by atomic mass is 9.91. The van der Waals surface area contributed by atoms with Gasteiger partial charge in [-0.05, 0) is 18.4 Å². The molecule has 21 heavy (non-hydrogen) atoms. The number of anilines is 1. The second-order valence-corrected chi connectivity index (χ2v) is 8.88. The van der Waals surface area contributed by atoms with Gasteiger partial charge in [0.05, 0.1) is 5.69 Å². The molecule has 1 aromatic rings. The molecule has 1 aromatic heterocycles. The molecule has 1 N–H and O–H groups in total. The summed E-state index contributed by atoms with van der Waals surface area (Å²) in [6.07, 6.45) is 0. The maximum atomic E-state index is 4.94. The summed E-state index contributed by atoms with van der Waals surface area (Å²) in [6.45, 7) is 18.8. The fourth-order valence-corrected chi connectivity index (χ4v) is 3.52. The molecular formula is C17H33N3S. The summed E-state index contributed by atoms with van der Waals surface area (Å²) in [5.74, 6) is 1.33. The molecule has 1 heterocycles. The SMILES string of the molecule is CC(C)CNCc1sc(N(C)CC(C)C)nc1C(C)(C)C. The van der Waals surface area contributed by atoms with Crippen molar-refractivity contribution < 1.29 is 0 Å². The van der Waals surface area contributed by atoms with Gasteiger partial charge in [-0.25, -0.2) is 4.98 Å². The number of nitrogens with one attached hydrogen (secondary N) is 1. The molecule has 0 fully saturated rings. The number of nitrogens with zero attached hydrogens (tertiary/aromatic N) is 2. The van der Waals surface area contributed by atoms with E-state index in [2.05, 4.69) is 65.7 Å². The van der Waals surface area contributed by atoms with Crippen molar-refractivity contribution in [2.45, 2.75) is 60.4 Å². The number of hydrogen-bond donors (Lipinski definition) is 1.